The number of halogens is 1. The average molecular weight is 259 g/mol. The van der Waals surface area contributed by atoms with Gasteiger partial charge < -0.3 is 10.5 Å². The number of ether oxygens (including phenoxy) is 1. The lowest BCUT2D eigenvalue weighted by Crippen LogP contribution is -2.12. The summed E-state index contributed by atoms with van der Waals surface area (Å²) < 4.78 is 6.43. The molecule has 3 nitrogen and oxygen atoms in total. The van der Waals surface area contributed by atoms with Crippen LogP contribution in [0.3, 0.4) is 0 Å². The molecule has 78 valence electrons. The largest absolute Gasteiger partial charge is 0.474 e. The molecule has 1 atom stereocenters. The first-order valence-corrected chi connectivity index (χ1v) is 5.50. The Balaban J connectivity index is 2.67. The fraction of sp³-hybridized carbons (Fsp3) is 0.500. The predicted octanol–water partition coefficient (Wildman–Crippen LogP) is 2.99. The van der Waals surface area contributed by atoms with Gasteiger partial charge in [0.2, 0.25) is 5.88 Å². The Morgan fingerprint density at radius 1 is 1.64 bits per heavy atom. The van der Waals surface area contributed by atoms with Gasteiger partial charge in [0.15, 0.2) is 0 Å². The molecule has 0 spiro atoms. The second-order valence-electron chi connectivity index (χ2n) is 3.27. The fourth-order valence-corrected chi connectivity index (χ4v) is 1.64. The summed E-state index contributed by atoms with van der Waals surface area (Å²) >= 11 is 3.36. The molecule has 0 aliphatic rings. The van der Waals surface area contributed by atoms with Crippen LogP contribution in [0.25, 0.3) is 0 Å². The van der Waals surface area contributed by atoms with Crippen LogP contribution in [0.5, 0.6) is 5.88 Å². The number of hydrogen-bond donors (Lipinski definition) is 1. The zero-order valence-electron chi connectivity index (χ0n) is 8.46. The van der Waals surface area contributed by atoms with Gasteiger partial charge in [0.1, 0.15) is 0 Å². The average Bonchev–Trinajstić information content (AvgIpc) is 2.10. The van der Waals surface area contributed by atoms with E-state index in [2.05, 4.69) is 27.8 Å². The van der Waals surface area contributed by atoms with Crippen molar-refractivity contribution in [2.75, 3.05) is 5.73 Å². The summed E-state index contributed by atoms with van der Waals surface area (Å²) in [6.07, 6.45) is 3.91. The highest BCUT2D eigenvalue weighted by atomic mass is 79.9. The van der Waals surface area contributed by atoms with E-state index in [-0.39, 0.29) is 6.10 Å². The van der Waals surface area contributed by atoms with Crippen molar-refractivity contribution in [2.24, 2.45) is 0 Å². The first-order chi connectivity index (χ1) is 6.63. The molecule has 1 aromatic heterocycles. The second-order valence-corrected chi connectivity index (χ2v) is 4.13. The number of rotatable bonds is 4. The molecular formula is C10H15BrN2O. The van der Waals surface area contributed by atoms with E-state index in [1.807, 2.05) is 6.92 Å². The van der Waals surface area contributed by atoms with E-state index in [0.29, 0.717) is 11.6 Å². The van der Waals surface area contributed by atoms with Crippen molar-refractivity contribution in [2.45, 2.75) is 32.8 Å². The van der Waals surface area contributed by atoms with E-state index in [9.17, 15) is 0 Å². The SMILES string of the molecule is CCCC(C)Oc1ncc(N)cc1Br. The van der Waals surface area contributed by atoms with Gasteiger partial charge in [-0.1, -0.05) is 13.3 Å². The van der Waals surface area contributed by atoms with Gasteiger partial charge in [-0.25, -0.2) is 4.98 Å². The maximum Gasteiger partial charge on any atom is 0.228 e. The topological polar surface area (TPSA) is 48.1 Å². The van der Waals surface area contributed by atoms with Crippen molar-refractivity contribution in [3.05, 3.63) is 16.7 Å². The van der Waals surface area contributed by atoms with Crippen molar-refractivity contribution in [3.63, 3.8) is 0 Å². The van der Waals surface area contributed by atoms with Gasteiger partial charge in [-0.2, -0.15) is 0 Å². The van der Waals surface area contributed by atoms with E-state index >= 15 is 0 Å². The molecule has 14 heavy (non-hydrogen) atoms. The summed E-state index contributed by atoms with van der Waals surface area (Å²) in [7, 11) is 0. The van der Waals surface area contributed by atoms with Crippen molar-refractivity contribution in [1.29, 1.82) is 0 Å². The summed E-state index contributed by atoms with van der Waals surface area (Å²) in [5, 5.41) is 0. The molecule has 0 aromatic carbocycles. The minimum atomic E-state index is 0.187. The Kier molecular flexibility index (Phi) is 4.20. The summed E-state index contributed by atoms with van der Waals surface area (Å²) in [5.74, 6) is 0.611. The molecule has 2 N–H and O–H groups in total. The Morgan fingerprint density at radius 2 is 2.36 bits per heavy atom. The minimum Gasteiger partial charge on any atom is -0.474 e. The Bertz CT molecular complexity index is 304. The lowest BCUT2D eigenvalue weighted by atomic mass is 10.2. The first kappa shape index (κ1) is 11.3. The molecule has 0 saturated heterocycles. The maximum absolute atomic E-state index is 5.63. The molecule has 1 unspecified atom stereocenters. The molecule has 0 bridgehead atoms. The molecule has 1 rings (SSSR count). The third kappa shape index (κ3) is 3.18. The van der Waals surface area contributed by atoms with Gasteiger partial charge in [-0.15, -0.1) is 0 Å². The molecule has 0 aliphatic heterocycles. The lowest BCUT2D eigenvalue weighted by molar-refractivity contribution is 0.200. The van der Waals surface area contributed by atoms with Crippen LogP contribution in [0.4, 0.5) is 5.69 Å². The quantitative estimate of drug-likeness (QED) is 0.904. The van der Waals surface area contributed by atoms with E-state index in [0.717, 1.165) is 17.3 Å². The van der Waals surface area contributed by atoms with Crippen molar-refractivity contribution < 1.29 is 4.74 Å². The highest BCUT2D eigenvalue weighted by Gasteiger charge is 2.07. The normalized spacial score (nSPS) is 12.5. The van der Waals surface area contributed by atoms with Crippen LogP contribution in [0.2, 0.25) is 0 Å². The number of nitrogen functional groups attached to an aromatic ring is 1. The summed E-state index contributed by atoms with van der Waals surface area (Å²) in [6.45, 7) is 4.17. The molecule has 0 aliphatic carbocycles. The van der Waals surface area contributed by atoms with Crippen molar-refractivity contribution in [3.8, 4) is 5.88 Å². The van der Waals surface area contributed by atoms with Gasteiger partial charge in [0.05, 0.1) is 22.5 Å². The monoisotopic (exact) mass is 258 g/mol. The second kappa shape index (κ2) is 5.20. The molecule has 1 aromatic rings. The zero-order chi connectivity index (χ0) is 10.6. The standard InChI is InChI=1S/C10H15BrN2O/c1-3-4-7(2)14-10-9(11)5-8(12)6-13-10/h5-7H,3-4,12H2,1-2H3. The smallest absolute Gasteiger partial charge is 0.228 e. The highest BCUT2D eigenvalue weighted by Crippen LogP contribution is 2.25. The number of nitrogens with zero attached hydrogens (tertiary/aromatic N) is 1. The molecule has 1 heterocycles. The van der Waals surface area contributed by atoms with Gasteiger partial charge in [0.25, 0.3) is 0 Å². The fourth-order valence-electron chi connectivity index (χ4n) is 1.18. The number of aromatic nitrogens is 1. The third-order valence-corrected chi connectivity index (χ3v) is 2.40. The summed E-state index contributed by atoms with van der Waals surface area (Å²) in [4.78, 5) is 4.11. The van der Waals surface area contributed by atoms with Gasteiger partial charge in [0, 0.05) is 0 Å². The van der Waals surface area contributed by atoms with Crippen LogP contribution in [0.1, 0.15) is 26.7 Å². The Labute approximate surface area is 92.8 Å². The summed E-state index contributed by atoms with van der Waals surface area (Å²) in [5.41, 5.74) is 6.20. The Morgan fingerprint density at radius 3 is 2.93 bits per heavy atom. The molecule has 4 heteroatoms. The van der Waals surface area contributed by atoms with E-state index in [1.165, 1.54) is 0 Å². The van der Waals surface area contributed by atoms with Gasteiger partial charge in [-0.3, -0.25) is 0 Å². The van der Waals surface area contributed by atoms with Crippen molar-refractivity contribution in [1.82, 2.24) is 4.98 Å². The first-order valence-electron chi connectivity index (χ1n) is 4.71. The number of pyridine rings is 1. The highest BCUT2D eigenvalue weighted by molar-refractivity contribution is 9.10. The minimum absolute atomic E-state index is 0.187. The van der Waals surface area contributed by atoms with E-state index in [1.54, 1.807) is 12.3 Å². The van der Waals surface area contributed by atoms with Crippen LogP contribution in [0, 0.1) is 0 Å². The molecule has 0 amide bonds. The van der Waals surface area contributed by atoms with Crippen LogP contribution in [-0.4, -0.2) is 11.1 Å². The lowest BCUT2D eigenvalue weighted by Gasteiger charge is -2.13. The van der Waals surface area contributed by atoms with Crippen LogP contribution >= 0.6 is 15.9 Å². The van der Waals surface area contributed by atoms with Crippen molar-refractivity contribution >= 4 is 21.6 Å². The Hall–Kier alpha value is -0.770. The number of anilines is 1. The molecule has 0 radical (unpaired) electrons. The molecule has 0 fully saturated rings. The zero-order valence-corrected chi connectivity index (χ0v) is 10.0. The summed E-state index contributed by atoms with van der Waals surface area (Å²) in [6, 6.07) is 1.79. The number of nitrogens with two attached hydrogens (primary N) is 1. The number of hydrogen-bond acceptors (Lipinski definition) is 3. The van der Waals surface area contributed by atoms with E-state index in [4.69, 9.17) is 10.5 Å². The van der Waals surface area contributed by atoms with Gasteiger partial charge >= 0.3 is 0 Å². The maximum atomic E-state index is 5.63. The predicted molar refractivity (Wildman–Crippen MR) is 61.3 cm³/mol. The van der Waals surface area contributed by atoms with Gasteiger partial charge in [-0.05, 0) is 35.3 Å². The molecule has 0 saturated carbocycles. The van der Waals surface area contributed by atoms with Crippen LogP contribution in [-0.2, 0) is 0 Å². The van der Waals surface area contributed by atoms with E-state index < -0.39 is 0 Å². The van der Waals surface area contributed by atoms with Crippen LogP contribution in [0.15, 0.2) is 16.7 Å². The molecular weight excluding hydrogens is 244 g/mol. The van der Waals surface area contributed by atoms with Crippen LogP contribution < -0.4 is 10.5 Å². The third-order valence-electron chi connectivity index (χ3n) is 1.84.